The van der Waals surface area contributed by atoms with Crippen molar-refractivity contribution in [1.82, 2.24) is 0 Å². The Balaban J connectivity index is 3.12. The van der Waals surface area contributed by atoms with E-state index < -0.39 is 12.5 Å². The molecule has 0 fully saturated rings. The molecule has 13 heavy (non-hydrogen) atoms. The van der Waals surface area contributed by atoms with Gasteiger partial charge < -0.3 is 5.73 Å². The lowest BCUT2D eigenvalue weighted by atomic mass is 10.0. The summed E-state index contributed by atoms with van der Waals surface area (Å²) in [5.74, 6) is 0. The smallest absolute Gasteiger partial charge is 0.257 e. The minimum Gasteiger partial charge on any atom is -0.319 e. The van der Waals surface area contributed by atoms with Crippen LogP contribution < -0.4 is 5.73 Å². The predicted molar refractivity (Wildman–Crippen MR) is 49.1 cm³/mol. The molecule has 0 spiro atoms. The van der Waals surface area contributed by atoms with Gasteiger partial charge in [-0.25, -0.2) is 8.78 Å². The molecule has 0 heterocycles. The van der Waals surface area contributed by atoms with Crippen LogP contribution >= 0.6 is 11.6 Å². The summed E-state index contributed by atoms with van der Waals surface area (Å²) in [5.41, 5.74) is 6.33. The van der Waals surface area contributed by atoms with Gasteiger partial charge in [-0.15, -0.1) is 0 Å². The number of nitrogens with two attached hydrogens (primary N) is 1. The zero-order valence-electron chi connectivity index (χ0n) is 7.10. The van der Waals surface area contributed by atoms with Gasteiger partial charge in [-0.05, 0) is 24.1 Å². The van der Waals surface area contributed by atoms with Crippen LogP contribution in [0, 0.1) is 6.92 Å². The first-order valence-corrected chi connectivity index (χ1v) is 4.20. The molecule has 0 aliphatic carbocycles. The van der Waals surface area contributed by atoms with Crippen LogP contribution in [0.1, 0.15) is 17.2 Å². The van der Waals surface area contributed by atoms with E-state index in [-0.39, 0.29) is 0 Å². The van der Waals surface area contributed by atoms with Gasteiger partial charge in [0, 0.05) is 5.02 Å². The highest BCUT2D eigenvalue weighted by Crippen LogP contribution is 2.28. The Bertz CT molecular complexity index is 281. The first-order chi connectivity index (χ1) is 6.04. The molecular weight excluding hydrogens is 196 g/mol. The van der Waals surface area contributed by atoms with E-state index in [0.717, 1.165) is 0 Å². The first kappa shape index (κ1) is 10.4. The number of hydrogen-bond donors (Lipinski definition) is 1. The van der Waals surface area contributed by atoms with Crippen LogP contribution in [0.2, 0.25) is 5.02 Å². The Kier molecular flexibility index (Phi) is 3.22. The summed E-state index contributed by atoms with van der Waals surface area (Å²) < 4.78 is 24.6. The van der Waals surface area contributed by atoms with E-state index in [4.69, 9.17) is 17.3 Å². The normalized spacial score (nSPS) is 13.4. The second kappa shape index (κ2) is 4.03. The van der Waals surface area contributed by atoms with Crippen molar-refractivity contribution in [3.8, 4) is 0 Å². The quantitative estimate of drug-likeness (QED) is 0.790. The largest absolute Gasteiger partial charge is 0.319 e. The Morgan fingerprint density at radius 2 is 2.00 bits per heavy atom. The minimum absolute atomic E-state index is 0.299. The molecule has 0 amide bonds. The van der Waals surface area contributed by atoms with E-state index in [1.165, 1.54) is 0 Å². The Morgan fingerprint density at radius 3 is 2.46 bits per heavy atom. The van der Waals surface area contributed by atoms with Gasteiger partial charge in [0.15, 0.2) is 0 Å². The van der Waals surface area contributed by atoms with Crippen LogP contribution in [-0.4, -0.2) is 6.43 Å². The molecular formula is C9H10ClF2N. The van der Waals surface area contributed by atoms with Gasteiger partial charge in [0.1, 0.15) is 0 Å². The highest BCUT2D eigenvalue weighted by molar-refractivity contribution is 6.31. The van der Waals surface area contributed by atoms with Crippen molar-refractivity contribution in [2.45, 2.75) is 19.4 Å². The standard InChI is InChI=1S/C9H10ClF2N/c1-5-3-2-4-6(10)7(5)8(13)9(11)12/h2-4,8-9H,13H2,1H3/t8-/m1/s1. The topological polar surface area (TPSA) is 26.0 Å². The first-order valence-electron chi connectivity index (χ1n) is 3.82. The molecule has 0 aliphatic heterocycles. The summed E-state index contributed by atoms with van der Waals surface area (Å²) in [5, 5.41) is 0.299. The summed E-state index contributed by atoms with van der Waals surface area (Å²) in [6, 6.07) is 3.68. The maximum Gasteiger partial charge on any atom is 0.257 e. The van der Waals surface area contributed by atoms with Gasteiger partial charge in [-0.1, -0.05) is 23.7 Å². The summed E-state index contributed by atoms with van der Waals surface area (Å²) in [6.45, 7) is 1.71. The molecule has 1 atom stereocenters. The van der Waals surface area contributed by atoms with E-state index in [9.17, 15) is 8.78 Å². The zero-order valence-corrected chi connectivity index (χ0v) is 7.85. The molecule has 0 bridgehead atoms. The van der Waals surface area contributed by atoms with Gasteiger partial charge in [0.05, 0.1) is 6.04 Å². The zero-order chi connectivity index (χ0) is 10.0. The molecule has 1 nitrogen and oxygen atoms in total. The monoisotopic (exact) mass is 205 g/mol. The average Bonchev–Trinajstić information content (AvgIpc) is 2.03. The molecule has 0 aliphatic rings. The number of benzene rings is 1. The third-order valence-electron chi connectivity index (χ3n) is 1.88. The minimum atomic E-state index is -2.58. The van der Waals surface area contributed by atoms with E-state index in [1.807, 2.05) is 0 Å². The molecule has 1 aromatic carbocycles. The Morgan fingerprint density at radius 1 is 1.38 bits per heavy atom. The fourth-order valence-corrected chi connectivity index (χ4v) is 1.54. The number of hydrogen-bond acceptors (Lipinski definition) is 1. The number of aryl methyl sites for hydroxylation is 1. The molecule has 2 N–H and O–H groups in total. The molecule has 1 rings (SSSR count). The molecule has 0 saturated carbocycles. The third-order valence-corrected chi connectivity index (χ3v) is 2.21. The van der Waals surface area contributed by atoms with Crippen LogP contribution in [0.15, 0.2) is 18.2 Å². The lowest BCUT2D eigenvalue weighted by Gasteiger charge is -2.14. The SMILES string of the molecule is Cc1cccc(Cl)c1[C@@H](N)C(F)F. The van der Waals surface area contributed by atoms with Gasteiger partial charge >= 0.3 is 0 Å². The highest BCUT2D eigenvalue weighted by atomic mass is 35.5. The number of alkyl halides is 2. The van der Waals surface area contributed by atoms with E-state index >= 15 is 0 Å². The lowest BCUT2D eigenvalue weighted by Crippen LogP contribution is -2.20. The molecule has 4 heteroatoms. The Hall–Kier alpha value is -0.670. The lowest BCUT2D eigenvalue weighted by molar-refractivity contribution is 0.116. The van der Waals surface area contributed by atoms with Gasteiger partial charge in [-0.2, -0.15) is 0 Å². The van der Waals surface area contributed by atoms with Crippen molar-refractivity contribution in [2.75, 3.05) is 0 Å². The summed E-state index contributed by atoms with van der Waals surface area (Å²) in [6.07, 6.45) is -2.58. The third kappa shape index (κ3) is 2.17. The van der Waals surface area contributed by atoms with Crippen LogP contribution in [0.4, 0.5) is 8.78 Å². The van der Waals surface area contributed by atoms with E-state index in [2.05, 4.69) is 0 Å². The van der Waals surface area contributed by atoms with Crippen molar-refractivity contribution in [3.05, 3.63) is 34.3 Å². The fourth-order valence-electron chi connectivity index (χ4n) is 1.19. The van der Waals surface area contributed by atoms with Gasteiger partial charge in [0.25, 0.3) is 6.43 Å². The molecule has 72 valence electrons. The highest BCUT2D eigenvalue weighted by Gasteiger charge is 2.21. The van der Waals surface area contributed by atoms with Crippen molar-refractivity contribution >= 4 is 11.6 Å². The van der Waals surface area contributed by atoms with Gasteiger partial charge in [-0.3, -0.25) is 0 Å². The second-order valence-electron chi connectivity index (χ2n) is 2.83. The molecule has 0 radical (unpaired) electrons. The number of halogens is 3. The van der Waals surface area contributed by atoms with Crippen LogP contribution in [0.25, 0.3) is 0 Å². The van der Waals surface area contributed by atoms with Crippen molar-refractivity contribution < 1.29 is 8.78 Å². The Labute approximate surface area is 80.5 Å². The maximum absolute atomic E-state index is 12.3. The van der Waals surface area contributed by atoms with E-state index in [0.29, 0.717) is 16.1 Å². The molecule has 0 aromatic heterocycles. The molecule has 0 unspecified atom stereocenters. The predicted octanol–water partition coefficient (Wildman–Crippen LogP) is 2.91. The van der Waals surface area contributed by atoms with Crippen molar-refractivity contribution in [2.24, 2.45) is 5.73 Å². The van der Waals surface area contributed by atoms with Crippen molar-refractivity contribution in [1.29, 1.82) is 0 Å². The van der Waals surface area contributed by atoms with Crippen LogP contribution in [0.5, 0.6) is 0 Å². The second-order valence-corrected chi connectivity index (χ2v) is 3.24. The number of rotatable bonds is 2. The van der Waals surface area contributed by atoms with Crippen LogP contribution in [0.3, 0.4) is 0 Å². The maximum atomic E-state index is 12.3. The summed E-state index contributed by atoms with van der Waals surface area (Å²) >= 11 is 5.76. The van der Waals surface area contributed by atoms with Crippen LogP contribution in [-0.2, 0) is 0 Å². The van der Waals surface area contributed by atoms with E-state index in [1.54, 1.807) is 25.1 Å². The average molecular weight is 206 g/mol. The molecule has 0 saturated heterocycles. The van der Waals surface area contributed by atoms with Crippen molar-refractivity contribution in [3.63, 3.8) is 0 Å². The molecule has 1 aromatic rings. The fraction of sp³-hybridized carbons (Fsp3) is 0.333. The van der Waals surface area contributed by atoms with Gasteiger partial charge in [0.2, 0.25) is 0 Å². The summed E-state index contributed by atoms with van der Waals surface area (Å²) in [7, 11) is 0. The summed E-state index contributed by atoms with van der Waals surface area (Å²) in [4.78, 5) is 0.